The lowest BCUT2D eigenvalue weighted by Gasteiger charge is -2.16. The van der Waals surface area contributed by atoms with E-state index < -0.39 is 12.1 Å². The SMILES string of the molecule is CC(=O)N1CCc2cc(C(=O)[C@H](C)OC(=O)c3ccc(C)c(O)c3)ccc21. The Morgan fingerprint density at radius 2 is 1.81 bits per heavy atom. The lowest BCUT2D eigenvalue weighted by atomic mass is 10.0. The van der Waals surface area contributed by atoms with E-state index in [2.05, 4.69) is 0 Å². The molecule has 6 nitrogen and oxygen atoms in total. The average molecular weight is 367 g/mol. The number of ether oxygens (including phenoxy) is 1. The molecule has 0 fully saturated rings. The number of phenolic OH excluding ortho intramolecular Hbond substituents is 1. The third kappa shape index (κ3) is 3.69. The number of hydrogen-bond acceptors (Lipinski definition) is 5. The maximum absolute atomic E-state index is 12.6. The minimum absolute atomic E-state index is 0.00271. The van der Waals surface area contributed by atoms with Crippen LogP contribution < -0.4 is 4.90 Å². The quantitative estimate of drug-likeness (QED) is 0.663. The fraction of sp³-hybridized carbons (Fsp3) is 0.286. The van der Waals surface area contributed by atoms with Crippen LogP contribution in [-0.4, -0.2) is 35.4 Å². The summed E-state index contributed by atoms with van der Waals surface area (Å²) in [5.41, 5.74) is 3.01. The van der Waals surface area contributed by atoms with Crippen LogP contribution >= 0.6 is 0 Å². The fourth-order valence-electron chi connectivity index (χ4n) is 3.14. The van der Waals surface area contributed by atoms with Crippen LogP contribution in [0, 0.1) is 6.92 Å². The molecule has 1 N–H and O–H groups in total. The van der Waals surface area contributed by atoms with E-state index in [4.69, 9.17) is 4.74 Å². The van der Waals surface area contributed by atoms with Crippen LogP contribution in [0.25, 0.3) is 0 Å². The first-order chi connectivity index (χ1) is 12.8. The van der Waals surface area contributed by atoms with E-state index in [-0.39, 0.29) is 23.0 Å². The molecule has 1 amide bonds. The molecular weight excluding hydrogens is 346 g/mol. The number of phenols is 1. The van der Waals surface area contributed by atoms with Crippen molar-refractivity contribution in [1.82, 2.24) is 0 Å². The minimum atomic E-state index is -0.968. The maximum atomic E-state index is 12.6. The second-order valence-electron chi connectivity index (χ2n) is 6.68. The van der Waals surface area contributed by atoms with Crippen molar-refractivity contribution in [3.63, 3.8) is 0 Å². The number of rotatable bonds is 4. The second kappa shape index (κ2) is 7.23. The van der Waals surface area contributed by atoms with E-state index in [0.717, 1.165) is 11.3 Å². The van der Waals surface area contributed by atoms with Crippen molar-refractivity contribution in [2.24, 2.45) is 0 Å². The number of amides is 1. The molecule has 0 bridgehead atoms. The predicted molar refractivity (Wildman–Crippen MR) is 100 cm³/mol. The van der Waals surface area contributed by atoms with Gasteiger partial charge in [-0.05, 0) is 61.7 Å². The third-order valence-corrected chi connectivity index (χ3v) is 4.74. The van der Waals surface area contributed by atoms with Gasteiger partial charge in [0, 0.05) is 24.7 Å². The molecule has 0 saturated carbocycles. The normalized spacial score (nSPS) is 13.8. The Hall–Kier alpha value is -3.15. The van der Waals surface area contributed by atoms with Crippen LogP contribution in [0.3, 0.4) is 0 Å². The largest absolute Gasteiger partial charge is 0.508 e. The van der Waals surface area contributed by atoms with Gasteiger partial charge in [0.2, 0.25) is 11.7 Å². The number of nitrogens with zero attached hydrogens (tertiary/aromatic N) is 1. The number of aromatic hydroxyl groups is 1. The number of ketones is 1. The molecule has 1 atom stereocenters. The molecule has 0 aromatic heterocycles. The molecule has 0 unspecified atom stereocenters. The Balaban J connectivity index is 1.73. The van der Waals surface area contributed by atoms with Crippen molar-refractivity contribution in [3.8, 4) is 5.75 Å². The van der Waals surface area contributed by atoms with Gasteiger partial charge in [0.1, 0.15) is 5.75 Å². The molecule has 27 heavy (non-hydrogen) atoms. The number of anilines is 1. The Labute approximate surface area is 157 Å². The van der Waals surface area contributed by atoms with E-state index >= 15 is 0 Å². The van der Waals surface area contributed by atoms with Gasteiger partial charge in [0.15, 0.2) is 6.10 Å². The molecule has 2 aromatic rings. The number of carbonyl (C=O) groups excluding carboxylic acids is 3. The first-order valence-corrected chi connectivity index (χ1v) is 8.73. The molecular formula is C21H21NO5. The number of carbonyl (C=O) groups is 3. The highest BCUT2D eigenvalue weighted by molar-refractivity contribution is 6.02. The van der Waals surface area contributed by atoms with Crippen molar-refractivity contribution in [2.45, 2.75) is 33.3 Å². The maximum Gasteiger partial charge on any atom is 0.338 e. The van der Waals surface area contributed by atoms with Crippen molar-refractivity contribution >= 4 is 23.3 Å². The van der Waals surface area contributed by atoms with Crippen molar-refractivity contribution in [2.75, 3.05) is 11.4 Å². The van der Waals surface area contributed by atoms with Gasteiger partial charge >= 0.3 is 5.97 Å². The van der Waals surface area contributed by atoms with E-state index in [9.17, 15) is 19.5 Å². The Morgan fingerprint density at radius 1 is 1.11 bits per heavy atom. The first-order valence-electron chi connectivity index (χ1n) is 8.73. The number of hydrogen-bond donors (Lipinski definition) is 1. The minimum Gasteiger partial charge on any atom is -0.508 e. The zero-order chi connectivity index (χ0) is 19.7. The summed E-state index contributed by atoms with van der Waals surface area (Å²) < 4.78 is 5.26. The highest BCUT2D eigenvalue weighted by Crippen LogP contribution is 2.29. The Morgan fingerprint density at radius 3 is 2.48 bits per heavy atom. The fourth-order valence-corrected chi connectivity index (χ4v) is 3.14. The number of fused-ring (bicyclic) bond motifs is 1. The summed E-state index contributed by atoms with van der Waals surface area (Å²) in [6.07, 6.45) is -0.281. The third-order valence-electron chi connectivity index (χ3n) is 4.74. The summed E-state index contributed by atoms with van der Waals surface area (Å²) in [6, 6.07) is 9.62. The number of benzene rings is 2. The van der Waals surface area contributed by atoms with Crippen molar-refractivity contribution in [3.05, 3.63) is 58.7 Å². The Bertz CT molecular complexity index is 934. The van der Waals surface area contributed by atoms with Gasteiger partial charge in [-0.15, -0.1) is 0 Å². The van der Waals surface area contributed by atoms with Crippen LogP contribution in [0.15, 0.2) is 36.4 Å². The second-order valence-corrected chi connectivity index (χ2v) is 6.68. The van der Waals surface area contributed by atoms with Crippen LogP contribution in [0.5, 0.6) is 5.75 Å². The van der Waals surface area contributed by atoms with E-state index in [1.54, 1.807) is 42.2 Å². The van der Waals surface area contributed by atoms with Crippen LogP contribution in [0.4, 0.5) is 5.69 Å². The van der Waals surface area contributed by atoms with Gasteiger partial charge in [-0.2, -0.15) is 0 Å². The highest BCUT2D eigenvalue weighted by Gasteiger charge is 2.26. The van der Waals surface area contributed by atoms with E-state index in [0.29, 0.717) is 24.1 Å². The van der Waals surface area contributed by atoms with Crippen LogP contribution in [-0.2, 0) is 16.0 Å². The molecule has 3 rings (SSSR count). The lowest BCUT2D eigenvalue weighted by molar-refractivity contribution is -0.116. The molecule has 1 aliphatic heterocycles. The van der Waals surface area contributed by atoms with Gasteiger partial charge < -0.3 is 14.7 Å². The Kier molecular flexibility index (Phi) is 4.99. The highest BCUT2D eigenvalue weighted by atomic mass is 16.5. The van der Waals surface area contributed by atoms with Crippen LogP contribution in [0.2, 0.25) is 0 Å². The molecule has 2 aromatic carbocycles. The smallest absolute Gasteiger partial charge is 0.338 e. The number of Topliss-reactive ketones (excluding diaryl/α,β-unsaturated/α-hetero) is 1. The molecule has 0 saturated heterocycles. The van der Waals surface area contributed by atoms with Gasteiger partial charge in [-0.3, -0.25) is 9.59 Å². The zero-order valence-electron chi connectivity index (χ0n) is 15.5. The number of esters is 1. The van der Waals surface area contributed by atoms with Gasteiger partial charge in [-0.25, -0.2) is 4.79 Å². The molecule has 0 radical (unpaired) electrons. The molecule has 0 spiro atoms. The van der Waals surface area contributed by atoms with E-state index in [1.165, 1.54) is 19.9 Å². The summed E-state index contributed by atoms with van der Waals surface area (Å²) >= 11 is 0. The topological polar surface area (TPSA) is 83.9 Å². The molecule has 6 heteroatoms. The van der Waals surface area contributed by atoms with Crippen LogP contribution in [0.1, 0.15) is 45.7 Å². The van der Waals surface area contributed by atoms with Crippen molar-refractivity contribution < 1.29 is 24.2 Å². The molecule has 0 aliphatic carbocycles. The monoisotopic (exact) mass is 367 g/mol. The van der Waals surface area contributed by atoms with Gasteiger partial charge in [0.25, 0.3) is 0 Å². The molecule has 1 heterocycles. The summed E-state index contributed by atoms with van der Waals surface area (Å²) in [7, 11) is 0. The first kappa shape index (κ1) is 18.6. The lowest BCUT2D eigenvalue weighted by Crippen LogP contribution is -2.26. The zero-order valence-corrected chi connectivity index (χ0v) is 15.5. The van der Waals surface area contributed by atoms with Gasteiger partial charge in [-0.1, -0.05) is 6.07 Å². The molecule has 1 aliphatic rings. The van der Waals surface area contributed by atoms with Crippen molar-refractivity contribution in [1.29, 1.82) is 0 Å². The summed E-state index contributed by atoms with van der Waals surface area (Å²) in [5, 5.41) is 9.72. The summed E-state index contributed by atoms with van der Waals surface area (Å²) in [6.45, 7) is 5.35. The molecule has 140 valence electrons. The predicted octanol–water partition coefficient (Wildman–Crippen LogP) is 3.04. The van der Waals surface area contributed by atoms with Gasteiger partial charge in [0.05, 0.1) is 5.56 Å². The number of aryl methyl sites for hydroxylation is 1. The summed E-state index contributed by atoms with van der Waals surface area (Å²) in [4.78, 5) is 38.2. The standard InChI is InChI=1S/C21H21NO5/c1-12-4-5-17(11-19(12)24)21(26)27-13(2)20(25)16-6-7-18-15(10-16)8-9-22(18)14(3)23/h4-7,10-11,13,24H,8-9H2,1-3H3/t13-/m0/s1. The van der Waals surface area contributed by atoms with E-state index in [1.807, 2.05) is 0 Å². The average Bonchev–Trinajstić information content (AvgIpc) is 3.06. The summed E-state index contributed by atoms with van der Waals surface area (Å²) in [5.74, 6) is -1.02.